The van der Waals surface area contributed by atoms with Gasteiger partial charge in [0, 0.05) is 27.2 Å². The molecule has 2 aromatic heterocycles. The fraction of sp³-hybridized carbons (Fsp3) is 0.174. The first-order valence-corrected chi connectivity index (χ1v) is 11.4. The number of amides is 1. The Labute approximate surface area is 196 Å². The number of nitrogens with zero attached hydrogens (tertiary/aromatic N) is 2. The van der Waals surface area contributed by atoms with E-state index in [0.717, 1.165) is 15.6 Å². The summed E-state index contributed by atoms with van der Waals surface area (Å²) in [5, 5.41) is 5.25. The van der Waals surface area contributed by atoms with Gasteiger partial charge in [0.15, 0.2) is 11.5 Å². The molecule has 0 saturated carbocycles. The molecule has 0 saturated heterocycles. The maximum absolute atomic E-state index is 13.3. The zero-order valence-corrected chi connectivity index (χ0v) is 20.0. The smallest absolute Gasteiger partial charge is 0.263 e. The zero-order valence-electron chi connectivity index (χ0n) is 17.6. The number of carbonyl (C=O) groups is 1. The topological polar surface area (TPSA) is 82.5 Å². The van der Waals surface area contributed by atoms with Crippen molar-refractivity contribution in [2.75, 3.05) is 19.5 Å². The van der Waals surface area contributed by atoms with Crippen molar-refractivity contribution in [1.82, 2.24) is 9.55 Å². The van der Waals surface area contributed by atoms with E-state index in [1.54, 1.807) is 32.2 Å². The first-order chi connectivity index (χ1) is 15.4. The number of aromatic nitrogens is 2. The summed E-state index contributed by atoms with van der Waals surface area (Å²) in [6.45, 7) is 1.66. The molecule has 7 nitrogen and oxygen atoms in total. The summed E-state index contributed by atoms with van der Waals surface area (Å²) in [5.74, 6) is 0.707. The average Bonchev–Trinajstić information content (AvgIpc) is 3.24. The first-order valence-electron chi connectivity index (χ1n) is 9.70. The fourth-order valence-electron chi connectivity index (χ4n) is 3.35. The van der Waals surface area contributed by atoms with E-state index in [2.05, 4.69) is 26.2 Å². The van der Waals surface area contributed by atoms with E-state index < -0.39 is 6.04 Å². The van der Waals surface area contributed by atoms with Gasteiger partial charge in [0.2, 0.25) is 5.91 Å². The molecular formula is C23H20BrN3O4S. The number of hydrogen-bond donors (Lipinski definition) is 1. The van der Waals surface area contributed by atoms with Gasteiger partial charge in [0.05, 0.1) is 25.9 Å². The van der Waals surface area contributed by atoms with E-state index in [9.17, 15) is 9.59 Å². The van der Waals surface area contributed by atoms with Crippen LogP contribution in [0.3, 0.4) is 0 Å². The standard InChI is InChI=1S/C23H20BrN3O4S/c1-13(21(28)26-16-8-9-18(30-2)19(10-16)31-3)27-12-25-22-20(23(27)29)17(11-32-22)14-4-6-15(24)7-5-14/h4-13H,1-3H3,(H,26,28). The van der Waals surface area contributed by atoms with Crippen molar-refractivity contribution < 1.29 is 14.3 Å². The Morgan fingerprint density at radius 3 is 2.53 bits per heavy atom. The maximum Gasteiger partial charge on any atom is 0.263 e. The number of carbonyl (C=O) groups excluding carboxylic acids is 1. The van der Waals surface area contributed by atoms with Crippen molar-refractivity contribution >= 4 is 49.1 Å². The molecule has 0 bridgehead atoms. The molecule has 0 aliphatic rings. The average molecular weight is 514 g/mol. The summed E-state index contributed by atoms with van der Waals surface area (Å²) in [4.78, 5) is 31.3. The monoisotopic (exact) mass is 513 g/mol. The minimum absolute atomic E-state index is 0.260. The van der Waals surface area contributed by atoms with Crippen molar-refractivity contribution in [2.45, 2.75) is 13.0 Å². The predicted molar refractivity (Wildman–Crippen MR) is 130 cm³/mol. The van der Waals surface area contributed by atoms with E-state index in [-0.39, 0.29) is 11.5 Å². The lowest BCUT2D eigenvalue weighted by atomic mass is 10.1. The Morgan fingerprint density at radius 2 is 1.84 bits per heavy atom. The number of anilines is 1. The lowest BCUT2D eigenvalue weighted by molar-refractivity contribution is -0.118. The Morgan fingerprint density at radius 1 is 1.12 bits per heavy atom. The third kappa shape index (κ3) is 4.13. The van der Waals surface area contributed by atoms with Crippen LogP contribution in [-0.2, 0) is 4.79 Å². The van der Waals surface area contributed by atoms with Crippen molar-refractivity contribution in [3.8, 4) is 22.6 Å². The highest BCUT2D eigenvalue weighted by Gasteiger charge is 2.21. The lowest BCUT2D eigenvalue weighted by Crippen LogP contribution is -2.31. The Hall–Kier alpha value is -3.17. The molecule has 0 fully saturated rings. The summed E-state index contributed by atoms with van der Waals surface area (Å²) in [5.41, 5.74) is 1.99. The molecule has 1 unspecified atom stereocenters. The minimum atomic E-state index is -0.773. The van der Waals surface area contributed by atoms with E-state index in [0.29, 0.717) is 27.4 Å². The van der Waals surface area contributed by atoms with Crippen molar-refractivity contribution in [1.29, 1.82) is 0 Å². The number of thiophene rings is 1. The van der Waals surface area contributed by atoms with Gasteiger partial charge in [-0.2, -0.15) is 0 Å². The van der Waals surface area contributed by atoms with E-state index >= 15 is 0 Å². The van der Waals surface area contributed by atoms with Crippen LogP contribution in [0.2, 0.25) is 0 Å². The molecule has 1 N–H and O–H groups in total. The largest absolute Gasteiger partial charge is 0.493 e. The molecule has 1 atom stereocenters. The Kier molecular flexibility index (Phi) is 6.29. The highest BCUT2D eigenvalue weighted by Crippen LogP contribution is 2.32. The van der Waals surface area contributed by atoms with Crippen LogP contribution in [0.15, 0.2) is 63.4 Å². The molecule has 32 heavy (non-hydrogen) atoms. The summed E-state index contributed by atoms with van der Waals surface area (Å²) >= 11 is 4.83. The molecule has 0 aliphatic heterocycles. The van der Waals surface area contributed by atoms with Crippen LogP contribution < -0.4 is 20.3 Å². The summed E-state index contributed by atoms with van der Waals surface area (Å²) in [6.07, 6.45) is 1.42. The molecular weight excluding hydrogens is 494 g/mol. The number of hydrogen-bond acceptors (Lipinski definition) is 6. The fourth-order valence-corrected chi connectivity index (χ4v) is 4.52. The zero-order chi connectivity index (χ0) is 22.8. The van der Waals surface area contributed by atoms with Gasteiger partial charge >= 0.3 is 0 Å². The first kappa shape index (κ1) is 22.0. The second-order valence-corrected chi connectivity index (χ2v) is 8.80. The number of benzene rings is 2. The van der Waals surface area contributed by atoms with Crippen LogP contribution in [0.5, 0.6) is 11.5 Å². The van der Waals surface area contributed by atoms with Crippen LogP contribution >= 0.6 is 27.3 Å². The van der Waals surface area contributed by atoms with E-state index in [1.807, 2.05) is 29.6 Å². The molecule has 2 heterocycles. The molecule has 0 spiro atoms. The maximum atomic E-state index is 13.3. The Bertz CT molecular complexity index is 1350. The summed E-state index contributed by atoms with van der Waals surface area (Å²) < 4.78 is 12.8. The number of nitrogens with one attached hydrogen (secondary N) is 1. The number of methoxy groups -OCH3 is 2. The molecule has 9 heteroatoms. The molecule has 0 aliphatic carbocycles. The van der Waals surface area contributed by atoms with Gasteiger partial charge < -0.3 is 14.8 Å². The minimum Gasteiger partial charge on any atom is -0.493 e. The number of rotatable bonds is 6. The number of fused-ring (bicyclic) bond motifs is 1. The highest BCUT2D eigenvalue weighted by molar-refractivity contribution is 9.10. The van der Waals surface area contributed by atoms with E-state index in [1.165, 1.54) is 29.3 Å². The number of ether oxygens (including phenoxy) is 2. The highest BCUT2D eigenvalue weighted by atomic mass is 79.9. The van der Waals surface area contributed by atoms with Crippen LogP contribution in [0.4, 0.5) is 5.69 Å². The van der Waals surface area contributed by atoms with Gasteiger partial charge in [0.1, 0.15) is 10.9 Å². The van der Waals surface area contributed by atoms with Gasteiger partial charge in [-0.25, -0.2) is 4.98 Å². The molecule has 4 rings (SSSR count). The van der Waals surface area contributed by atoms with Crippen molar-refractivity contribution in [3.63, 3.8) is 0 Å². The SMILES string of the molecule is COc1ccc(NC(=O)C(C)n2cnc3scc(-c4ccc(Br)cc4)c3c2=O)cc1OC. The Balaban J connectivity index is 1.66. The third-order valence-electron chi connectivity index (χ3n) is 5.12. The lowest BCUT2D eigenvalue weighted by Gasteiger charge is -2.16. The van der Waals surface area contributed by atoms with Crippen LogP contribution in [0, 0.1) is 0 Å². The number of halogens is 1. The van der Waals surface area contributed by atoms with Gasteiger partial charge in [-0.3, -0.25) is 14.2 Å². The molecule has 0 radical (unpaired) electrons. The summed E-state index contributed by atoms with van der Waals surface area (Å²) in [7, 11) is 3.07. The third-order valence-corrected chi connectivity index (χ3v) is 6.54. The summed E-state index contributed by atoms with van der Waals surface area (Å²) in [6, 6.07) is 12.0. The van der Waals surface area contributed by atoms with E-state index in [4.69, 9.17) is 9.47 Å². The van der Waals surface area contributed by atoms with Crippen molar-refractivity contribution in [3.05, 3.63) is 69.0 Å². The van der Waals surface area contributed by atoms with Gasteiger partial charge in [-0.15, -0.1) is 11.3 Å². The van der Waals surface area contributed by atoms with Crippen LogP contribution in [0.1, 0.15) is 13.0 Å². The quantitative estimate of drug-likeness (QED) is 0.387. The van der Waals surface area contributed by atoms with Gasteiger partial charge in [0.25, 0.3) is 5.56 Å². The molecule has 4 aromatic rings. The normalized spacial score (nSPS) is 11.9. The predicted octanol–water partition coefficient (Wildman–Crippen LogP) is 5.10. The second kappa shape index (κ2) is 9.13. The molecule has 1 amide bonds. The second-order valence-electron chi connectivity index (χ2n) is 7.03. The molecule has 2 aromatic carbocycles. The van der Waals surface area contributed by atoms with Crippen LogP contribution in [0.25, 0.3) is 21.3 Å². The van der Waals surface area contributed by atoms with Crippen LogP contribution in [-0.4, -0.2) is 29.7 Å². The van der Waals surface area contributed by atoms with Gasteiger partial charge in [-0.1, -0.05) is 28.1 Å². The molecule has 164 valence electrons. The van der Waals surface area contributed by atoms with Gasteiger partial charge in [-0.05, 0) is 36.8 Å². The van der Waals surface area contributed by atoms with Crippen molar-refractivity contribution in [2.24, 2.45) is 0 Å².